The monoisotopic (exact) mass is 711 g/mol. The van der Waals surface area contributed by atoms with E-state index in [0.717, 1.165) is 98.8 Å². The minimum absolute atomic E-state index is 0.459. The van der Waals surface area contributed by atoms with Crippen molar-refractivity contribution >= 4 is 23.0 Å². The Morgan fingerprint density at radius 1 is 0.623 bits per heavy atom. The normalized spacial score (nSPS) is 16.1. The molecular formula is C44H57N9. The van der Waals surface area contributed by atoms with Gasteiger partial charge in [-0.15, -0.1) is 5.11 Å². The van der Waals surface area contributed by atoms with Crippen LogP contribution in [0.3, 0.4) is 0 Å². The number of nitrogens with zero attached hydrogens (tertiary/aromatic N) is 4. The zero-order valence-electron chi connectivity index (χ0n) is 31.6. The van der Waals surface area contributed by atoms with E-state index in [1.807, 2.05) is 50.2 Å². The quantitative estimate of drug-likeness (QED) is 0.0366. The number of amidine groups is 2. The summed E-state index contributed by atoms with van der Waals surface area (Å²) in [6.45, 7) is 12.3. The highest BCUT2D eigenvalue weighted by atomic mass is 15.4. The van der Waals surface area contributed by atoms with Crippen molar-refractivity contribution in [2.75, 3.05) is 44.7 Å². The van der Waals surface area contributed by atoms with E-state index in [1.54, 1.807) is 0 Å². The van der Waals surface area contributed by atoms with E-state index in [9.17, 15) is 0 Å². The fraction of sp³-hybridized carbons (Fsp3) is 0.409. The van der Waals surface area contributed by atoms with Crippen LogP contribution in [0.15, 0.2) is 107 Å². The third-order valence-electron chi connectivity index (χ3n) is 10.9. The number of aryl methyl sites for hydroxylation is 2. The van der Waals surface area contributed by atoms with E-state index >= 15 is 0 Å². The van der Waals surface area contributed by atoms with E-state index in [1.165, 1.54) is 36.8 Å². The van der Waals surface area contributed by atoms with Gasteiger partial charge in [-0.25, -0.2) is 0 Å². The van der Waals surface area contributed by atoms with E-state index in [0.29, 0.717) is 23.5 Å². The van der Waals surface area contributed by atoms with Crippen LogP contribution >= 0.6 is 0 Å². The highest BCUT2D eigenvalue weighted by molar-refractivity contribution is 5.98. The van der Waals surface area contributed by atoms with Crippen LogP contribution in [0.5, 0.6) is 0 Å². The summed E-state index contributed by atoms with van der Waals surface area (Å²) in [5.41, 5.74) is 11.2. The van der Waals surface area contributed by atoms with Crippen LogP contribution in [0.2, 0.25) is 0 Å². The zero-order valence-corrected chi connectivity index (χ0v) is 31.6. The summed E-state index contributed by atoms with van der Waals surface area (Å²) in [6, 6.07) is 33.2. The first kappa shape index (κ1) is 37.9. The van der Waals surface area contributed by atoms with Crippen molar-refractivity contribution in [2.45, 2.75) is 65.5 Å². The second-order valence-corrected chi connectivity index (χ2v) is 14.9. The van der Waals surface area contributed by atoms with Crippen molar-refractivity contribution in [3.05, 3.63) is 130 Å². The van der Waals surface area contributed by atoms with Gasteiger partial charge in [-0.3, -0.25) is 26.0 Å². The Labute approximate surface area is 316 Å². The number of anilines is 1. The predicted octanol–water partition coefficient (Wildman–Crippen LogP) is 8.85. The average molecular weight is 712 g/mol. The fourth-order valence-electron chi connectivity index (χ4n) is 7.69. The van der Waals surface area contributed by atoms with Crippen molar-refractivity contribution in [1.82, 2.24) is 20.4 Å². The molecule has 4 aromatic carbocycles. The summed E-state index contributed by atoms with van der Waals surface area (Å²) in [5, 5.41) is 32.6. The summed E-state index contributed by atoms with van der Waals surface area (Å²) in [4.78, 5) is 5.11. The maximum atomic E-state index is 8.65. The average Bonchev–Trinajstić information content (AvgIpc) is 3.17. The van der Waals surface area contributed by atoms with Gasteiger partial charge < -0.3 is 10.6 Å². The van der Waals surface area contributed by atoms with Gasteiger partial charge in [-0.1, -0.05) is 65.9 Å². The Balaban J connectivity index is 0.872. The smallest absolute Gasteiger partial charge is 0.125 e. The molecule has 0 atom stereocenters. The van der Waals surface area contributed by atoms with Gasteiger partial charge in [0.25, 0.3) is 0 Å². The van der Waals surface area contributed by atoms with Crippen LogP contribution in [0.1, 0.15) is 71.9 Å². The molecule has 0 radical (unpaired) electrons. The van der Waals surface area contributed by atoms with Crippen LogP contribution in [0, 0.1) is 36.5 Å². The Kier molecular flexibility index (Phi) is 13.8. The molecule has 6 rings (SSSR count). The molecule has 0 saturated carbocycles. The summed E-state index contributed by atoms with van der Waals surface area (Å²) < 4.78 is 0. The maximum absolute atomic E-state index is 8.65. The first-order chi connectivity index (χ1) is 25.9. The minimum Gasteiger partial charge on any atom is -0.370 e. The number of hydrogen-bond donors (Lipinski definition) is 5. The highest BCUT2D eigenvalue weighted by Crippen LogP contribution is 2.24. The van der Waals surface area contributed by atoms with Crippen molar-refractivity contribution in [3.8, 4) is 0 Å². The first-order valence-electron chi connectivity index (χ1n) is 19.5. The Bertz CT molecular complexity index is 1790. The minimum atomic E-state index is 0.459. The summed E-state index contributed by atoms with van der Waals surface area (Å²) in [7, 11) is 0. The third kappa shape index (κ3) is 11.6. The van der Waals surface area contributed by atoms with Gasteiger partial charge in [0.15, 0.2) is 0 Å². The highest BCUT2D eigenvalue weighted by Gasteiger charge is 2.20. The number of piperidine rings is 2. The van der Waals surface area contributed by atoms with Crippen molar-refractivity contribution in [2.24, 2.45) is 22.2 Å². The van der Waals surface area contributed by atoms with Crippen LogP contribution < -0.4 is 16.1 Å². The fourth-order valence-corrected chi connectivity index (χ4v) is 7.69. The summed E-state index contributed by atoms with van der Waals surface area (Å²) >= 11 is 0. The molecule has 0 unspecified atom stereocenters. The van der Waals surface area contributed by atoms with Gasteiger partial charge in [0.2, 0.25) is 0 Å². The molecule has 2 fully saturated rings. The lowest BCUT2D eigenvalue weighted by Gasteiger charge is -2.32. The third-order valence-corrected chi connectivity index (χ3v) is 10.9. The molecule has 2 heterocycles. The Morgan fingerprint density at radius 3 is 1.57 bits per heavy atom. The number of nitrogens with one attached hydrogen (secondary N) is 5. The lowest BCUT2D eigenvalue weighted by atomic mass is 9.93. The van der Waals surface area contributed by atoms with E-state index < -0.39 is 0 Å². The molecule has 53 heavy (non-hydrogen) atoms. The topological polar surface area (TPSA) is 115 Å². The molecule has 0 bridgehead atoms. The maximum Gasteiger partial charge on any atom is 0.125 e. The predicted molar refractivity (Wildman–Crippen MR) is 218 cm³/mol. The molecular weight excluding hydrogens is 655 g/mol. The number of rotatable bonds is 15. The molecule has 0 spiro atoms. The molecule has 4 aromatic rings. The second kappa shape index (κ2) is 19.3. The van der Waals surface area contributed by atoms with E-state index in [-0.39, 0.29) is 0 Å². The number of hydrogen-bond acceptors (Lipinski definition) is 6. The molecule has 0 aromatic heterocycles. The van der Waals surface area contributed by atoms with Crippen LogP contribution in [-0.2, 0) is 13.1 Å². The molecule has 2 saturated heterocycles. The number of benzene rings is 4. The van der Waals surface area contributed by atoms with Crippen LogP contribution in [-0.4, -0.2) is 60.7 Å². The molecule has 0 amide bonds. The molecule has 9 nitrogen and oxygen atoms in total. The Morgan fingerprint density at radius 2 is 1.09 bits per heavy atom. The molecule has 2 aliphatic heterocycles. The van der Waals surface area contributed by atoms with Gasteiger partial charge in [0, 0.05) is 37.3 Å². The molecule has 278 valence electrons. The Hall–Kier alpha value is -4.86. The number of likely N-dealkylation sites (tertiary alicyclic amines) is 2. The molecule has 5 N–H and O–H groups in total. The van der Waals surface area contributed by atoms with E-state index in [4.69, 9.17) is 10.8 Å². The zero-order chi connectivity index (χ0) is 36.8. The SMILES string of the molecule is Cc1cc(/N=N/Nc2ccc(C(=N)NCCC3CCN(Cc4ccccc4)CC3)c(C)c2)ccc1C(=N)NCCC1CCN(Cc2ccccc2)CC1. The van der Waals surface area contributed by atoms with Crippen LogP contribution in [0.25, 0.3) is 0 Å². The second-order valence-electron chi connectivity index (χ2n) is 14.9. The van der Waals surface area contributed by atoms with Crippen molar-refractivity contribution < 1.29 is 0 Å². The van der Waals surface area contributed by atoms with Crippen LogP contribution in [0.4, 0.5) is 11.4 Å². The summed E-state index contributed by atoms with van der Waals surface area (Å²) in [5.74, 6) is 2.34. The molecule has 2 aliphatic rings. The van der Waals surface area contributed by atoms with E-state index in [2.05, 4.69) is 96.9 Å². The van der Waals surface area contributed by atoms with Gasteiger partial charge in [0.1, 0.15) is 11.7 Å². The van der Waals surface area contributed by atoms with Gasteiger partial charge in [0.05, 0.1) is 11.4 Å². The molecule has 0 aliphatic carbocycles. The van der Waals surface area contributed by atoms with Gasteiger partial charge in [-0.2, -0.15) is 0 Å². The summed E-state index contributed by atoms with van der Waals surface area (Å²) in [6.07, 6.45) is 7.05. The lowest BCUT2D eigenvalue weighted by Crippen LogP contribution is -2.35. The lowest BCUT2D eigenvalue weighted by molar-refractivity contribution is 0.173. The van der Waals surface area contributed by atoms with Crippen molar-refractivity contribution in [1.29, 1.82) is 10.8 Å². The van der Waals surface area contributed by atoms with Crippen molar-refractivity contribution in [3.63, 3.8) is 0 Å². The largest absolute Gasteiger partial charge is 0.370 e. The standard InChI is InChI=1S/C44H57N9/c1-33-29-39(13-15-41(33)43(45)47-23-17-35-19-25-52(26-20-35)31-37-9-5-3-6-10-37)49-51-50-40-14-16-42(34(2)30-40)44(46)48-24-18-36-21-27-53(28-22-36)32-38-11-7-4-8-12-38/h3-16,29-30,35-36H,17-28,31-32H2,1-2H3,(H2,45,47)(H2,46,48)(H,49,50). The van der Waals surface area contributed by atoms with Gasteiger partial charge in [-0.05, 0) is 149 Å². The first-order valence-corrected chi connectivity index (χ1v) is 19.5. The van der Waals surface area contributed by atoms with Gasteiger partial charge >= 0.3 is 0 Å². The molecule has 9 heteroatoms.